The number of nitrogens with two attached hydrogens (primary N) is 2. The summed E-state index contributed by atoms with van der Waals surface area (Å²) in [4.78, 5) is 122. The van der Waals surface area contributed by atoms with Crippen LogP contribution in [0.25, 0.3) is 22.3 Å². The van der Waals surface area contributed by atoms with Gasteiger partial charge in [-0.05, 0) is 152 Å². The summed E-state index contributed by atoms with van der Waals surface area (Å²) in [6.45, 7) is 11.0. The lowest BCUT2D eigenvalue weighted by molar-refractivity contribution is -0.334. The minimum atomic E-state index is -2.28. The third-order valence-electron chi connectivity index (χ3n) is 23.8. The summed E-state index contributed by atoms with van der Waals surface area (Å²) in [7, 11) is 0. The molecule has 4 unspecified atom stereocenters. The van der Waals surface area contributed by atoms with Gasteiger partial charge in [0.25, 0.3) is 0 Å². The molecule has 19 N–H and O–H groups in total. The number of aliphatic hydroxyl groups excluding tert-OH is 6. The molecule has 5 amide bonds. The minimum absolute atomic E-state index is 0.0360. The number of primary amides is 1. The fourth-order valence-electron chi connectivity index (χ4n) is 16.9. The molecule has 36 heteroatoms. The van der Waals surface area contributed by atoms with Gasteiger partial charge in [-0.1, -0.05) is 110 Å². The van der Waals surface area contributed by atoms with E-state index in [1.54, 1.807) is 32.9 Å². The van der Waals surface area contributed by atoms with Crippen LogP contribution in [0.5, 0.6) is 46.0 Å². The number of phenols is 3. The lowest BCUT2D eigenvalue weighted by atomic mass is 9.84. The SMILES string of the molecule is CC[C@H](CC(C)C)C(=O)N[C@H]1C(=O)C[C@@H](CC(N)=O)C(=O)N[C@H]2C(=O)C[C@H]3C(=O)N[C@H](C(=O)N[C@H](C(=O)O)c4cc(O)cc(O)c4-c4cc3ccc4O)[C@H](O[C@H]3CC(C)(N)[C@@H](O)[C@H](C)O3)c3ccc(c(Cl)c3)Oc3cc2cc(c3O[C@@H]2OC(CO)[C@@H](O)[C@H](O)C2O[C@@H]2CC(C)(NCc3ccc(-c4ccc(Cl)cc4)cc3)[C@H](O)[C@H](C)O2)Oc2ccc(cc2Cl)[C@@H]1O. The van der Waals surface area contributed by atoms with E-state index in [2.05, 4.69) is 26.6 Å². The Kier molecular flexibility index (Phi) is 28.3. The van der Waals surface area contributed by atoms with Crippen molar-refractivity contribution in [2.24, 2.45) is 29.2 Å². The average molecular weight is 1790 g/mol. The number of nitrogens with one attached hydrogen (secondary N) is 5. The zero-order chi connectivity index (χ0) is 90.3. The van der Waals surface area contributed by atoms with Crippen molar-refractivity contribution in [2.75, 3.05) is 6.61 Å². The Morgan fingerprint density at radius 3 is 1.88 bits per heavy atom. The van der Waals surface area contributed by atoms with Crippen molar-refractivity contribution in [3.05, 3.63) is 176 Å². The molecule has 8 heterocycles. The number of fused-ring (bicyclic) bond motifs is 15. The summed E-state index contributed by atoms with van der Waals surface area (Å²) in [5, 5.41) is 131. The number of aliphatic hydroxyl groups is 6. The zero-order valence-corrected chi connectivity index (χ0v) is 71.2. The molecular weight excluding hydrogens is 1690 g/mol. The zero-order valence-electron chi connectivity index (χ0n) is 68.9. The number of carbonyl (C=O) groups excluding carboxylic acids is 7. The van der Waals surface area contributed by atoms with Gasteiger partial charge < -0.3 is 127 Å². The molecule has 11 bridgehead atoms. The molecule has 7 aromatic rings. The predicted molar refractivity (Wildman–Crippen MR) is 449 cm³/mol. The van der Waals surface area contributed by atoms with E-state index >= 15 is 24.0 Å². The molecule has 0 radical (unpaired) electrons. The maximum absolute atomic E-state index is 16.7. The number of carboxylic acid groups (broad SMARTS) is 1. The van der Waals surface area contributed by atoms with Crippen molar-refractivity contribution in [2.45, 2.75) is 221 Å². The Morgan fingerprint density at radius 1 is 0.656 bits per heavy atom. The third-order valence-corrected chi connectivity index (χ3v) is 24.6. The molecule has 15 rings (SSSR count). The maximum Gasteiger partial charge on any atom is 0.330 e. The average Bonchev–Trinajstić information content (AvgIpc) is 0.762. The lowest BCUT2D eigenvalue weighted by Gasteiger charge is -2.48. The highest BCUT2D eigenvalue weighted by Crippen LogP contribution is 2.51. The first-order valence-corrected chi connectivity index (χ1v) is 42.0. The van der Waals surface area contributed by atoms with Gasteiger partial charge in [0.1, 0.15) is 77.4 Å². The van der Waals surface area contributed by atoms with E-state index in [-0.39, 0.29) is 64.9 Å². The number of aliphatic carboxylic acids is 1. The van der Waals surface area contributed by atoms with Gasteiger partial charge in [-0.15, -0.1) is 0 Å². The highest BCUT2D eigenvalue weighted by atomic mass is 35.5. The number of amides is 5. The van der Waals surface area contributed by atoms with Gasteiger partial charge in [-0.25, -0.2) is 4.79 Å². The number of rotatable bonds is 19. The van der Waals surface area contributed by atoms with Crippen molar-refractivity contribution in [3.8, 4) is 68.2 Å². The Bertz CT molecular complexity index is 5240. The molecule has 0 aromatic heterocycles. The first-order chi connectivity index (χ1) is 59.2. The fraction of sp³-hybridized carbons (Fsp3) is 0.438. The van der Waals surface area contributed by atoms with Gasteiger partial charge in [0.2, 0.25) is 41.6 Å². The van der Waals surface area contributed by atoms with Gasteiger partial charge in [0, 0.05) is 83.4 Å². The number of Topliss-reactive ketones (excluding diaryl/α,β-unsaturated/α-hetero) is 2. The van der Waals surface area contributed by atoms with E-state index in [0.717, 1.165) is 53.1 Å². The van der Waals surface area contributed by atoms with Crippen LogP contribution in [0, 0.1) is 17.8 Å². The second kappa shape index (κ2) is 38.2. The lowest BCUT2D eigenvalue weighted by Crippen LogP contribution is -2.65. The number of phenolic OH excluding ortho intramolecular Hbond substituents is 3. The Balaban J connectivity index is 1.02. The monoisotopic (exact) mass is 1790 g/mol. The van der Waals surface area contributed by atoms with Crippen LogP contribution in [0.2, 0.25) is 15.1 Å². The van der Waals surface area contributed by atoms with E-state index < -0.39 is 268 Å². The fourth-order valence-corrected chi connectivity index (χ4v) is 17.5. The van der Waals surface area contributed by atoms with Crippen LogP contribution in [0.3, 0.4) is 0 Å². The minimum Gasteiger partial charge on any atom is -0.508 e. The number of hydrogen-bond acceptors (Lipinski definition) is 27. The standard InChI is InChI=1S/C89H100Cl3N7O26/c1-8-42(23-38(2)3)82(112)98-72-59(104)27-49(30-66(93)106)83(113)96-70-48-28-63(120-61-21-16-46(74(72)107)25-55(61)91)78(125-87-79(76(109)75(108)65(37-100)122-87)124-68-35-89(7,81(111)40(5)119-68)95-36-41-9-11-43(12-10-41)44-13-18-50(90)19-14-44)64(29-48)121-62-22-17-47(26-56(62)92)77(123-67-34-88(6,94)80(110)39(4)118-67)73-85(115)97-71(86(116)117)54-31-51(101)32-58(103)69(54)53-24-45(15-20-57(53)102)52(33-60(70)105)84(114)99-73/h9-22,24-26,28-29,31-32,38-40,42,49,52,65,67-68,70-77,79-81,87,95,100-103,107-111H,8,23,27,30,33-37,94H2,1-7H3,(H2,93,106)(H,96,113)(H,97,115)(H,98,112)(H,99,114)(H,116,117)/t39-,40-,42+,49-,52+,65?,67-,68+,70+,71-,72-,73-,74-,75+,76-,77+,79?,80-,81+,87-,88?,89?/m0/s1. The van der Waals surface area contributed by atoms with Crippen molar-refractivity contribution in [1.82, 2.24) is 26.6 Å². The van der Waals surface area contributed by atoms with Crippen LogP contribution in [0.1, 0.15) is 157 Å². The molecule has 0 aliphatic carbocycles. The summed E-state index contributed by atoms with van der Waals surface area (Å²) in [5.74, 6) is -19.2. The van der Waals surface area contributed by atoms with E-state index in [0.29, 0.717) is 11.4 Å². The van der Waals surface area contributed by atoms with Gasteiger partial charge in [0.15, 0.2) is 47.8 Å². The number of aromatic hydroxyl groups is 3. The maximum atomic E-state index is 16.7. The number of halogens is 3. The van der Waals surface area contributed by atoms with Gasteiger partial charge >= 0.3 is 5.97 Å². The Morgan fingerprint density at radius 2 is 1.27 bits per heavy atom. The first kappa shape index (κ1) is 92.5. The van der Waals surface area contributed by atoms with Crippen LogP contribution in [0.4, 0.5) is 0 Å². The normalized spacial score (nSPS) is 29.9. The molecule has 0 saturated carbocycles. The summed E-state index contributed by atoms with van der Waals surface area (Å²) in [6, 6.07) is 21.0. The number of carboxylic acids is 1. The van der Waals surface area contributed by atoms with Crippen LogP contribution in [-0.4, -0.2) is 196 Å². The number of benzene rings is 7. The second-order valence-electron chi connectivity index (χ2n) is 33.6. The molecule has 8 aliphatic rings. The molecule has 7 aromatic carbocycles. The number of hydrogen-bond donors (Lipinski definition) is 17. The van der Waals surface area contributed by atoms with E-state index in [1.165, 1.54) is 56.3 Å². The Hall–Kier alpha value is -10.2. The second-order valence-corrected chi connectivity index (χ2v) is 34.8. The molecule has 125 heavy (non-hydrogen) atoms. The van der Waals surface area contributed by atoms with Crippen LogP contribution >= 0.6 is 34.8 Å². The highest BCUT2D eigenvalue weighted by Gasteiger charge is 2.53. The highest BCUT2D eigenvalue weighted by molar-refractivity contribution is 6.32. The van der Waals surface area contributed by atoms with E-state index in [1.807, 2.05) is 50.2 Å². The van der Waals surface area contributed by atoms with Gasteiger partial charge in [-0.3, -0.25) is 33.6 Å². The largest absolute Gasteiger partial charge is 0.508 e. The van der Waals surface area contributed by atoms with Crippen LogP contribution in [0.15, 0.2) is 127 Å². The van der Waals surface area contributed by atoms with Crippen molar-refractivity contribution in [1.29, 1.82) is 0 Å². The van der Waals surface area contributed by atoms with E-state index in [9.17, 15) is 65.4 Å². The topological polar surface area (TPSA) is 525 Å². The predicted octanol–water partition coefficient (Wildman–Crippen LogP) is 7.91. The summed E-state index contributed by atoms with van der Waals surface area (Å²) >= 11 is 20.9. The molecule has 0 spiro atoms. The summed E-state index contributed by atoms with van der Waals surface area (Å²) in [5.41, 5.74) is 10.2. The summed E-state index contributed by atoms with van der Waals surface area (Å²) in [6.07, 6.45) is -24.2. The molecule has 3 fully saturated rings. The first-order valence-electron chi connectivity index (χ1n) is 40.8. The number of ether oxygens (including phenoxy) is 8. The Labute approximate surface area is 732 Å². The van der Waals surface area contributed by atoms with Crippen LogP contribution < -0.4 is 52.3 Å². The van der Waals surface area contributed by atoms with Crippen molar-refractivity contribution < 1.29 is 127 Å². The molecule has 668 valence electrons. The molecule has 8 aliphatic heterocycles. The molecule has 33 nitrogen and oxygen atoms in total. The van der Waals surface area contributed by atoms with Crippen molar-refractivity contribution >= 4 is 81.9 Å². The van der Waals surface area contributed by atoms with Gasteiger partial charge in [0.05, 0.1) is 52.9 Å². The van der Waals surface area contributed by atoms with E-state index in [4.69, 9.17) is 84.2 Å². The molecular formula is C89H100Cl3N7O26. The number of carbonyl (C=O) groups is 8. The van der Waals surface area contributed by atoms with Gasteiger partial charge in [-0.2, -0.15) is 0 Å². The number of ketones is 2. The third kappa shape index (κ3) is 20.3. The van der Waals surface area contributed by atoms with Crippen molar-refractivity contribution in [3.63, 3.8) is 0 Å². The molecule has 22 atom stereocenters. The smallest absolute Gasteiger partial charge is 0.330 e. The quantitative estimate of drug-likeness (QED) is 0.0365. The summed E-state index contributed by atoms with van der Waals surface area (Å²) < 4.78 is 53.1. The van der Waals surface area contributed by atoms with Crippen LogP contribution in [-0.2, 0) is 68.6 Å². The molecule has 3 saturated heterocycles.